The molecule has 0 bridgehead atoms. The average molecular weight is 257 g/mol. The van der Waals surface area contributed by atoms with Crippen LogP contribution in [0.2, 0.25) is 0 Å². The first-order valence-electron chi connectivity index (χ1n) is 6.14. The normalized spacial score (nSPS) is 15.0. The fourth-order valence-electron chi connectivity index (χ4n) is 2.29. The van der Waals surface area contributed by atoms with Crippen molar-refractivity contribution in [3.8, 4) is 5.75 Å². The molecule has 0 saturated carbocycles. The topological polar surface area (TPSA) is 29.5 Å². The minimum absolute atomic E-state index is 0. The Labute approximate surface area is 109 Å². The van der Waals surface area contributed by atoms with Gasteiger partial charge in [0, 0.05) is 0 Å². The van der Waals surface area contributed by atoms with Crippen LogP contribution in [-0.4, -0.2) is 17.8 Å². The molecule has 3 heteroatoms. The second kappa shape index (κ2) is 6.27. The van der Waals surface area contributed by atoms with Gasteiger partial charge in [-0.2, -0.15) is 0 Å². The number of ether oxygens (including phenoxy) is 1. The molecule has 0 radical (unpaired) electrons. The van der Waals surface area contributed by atoms with Gasteiger partial charge in [-0.1, -0.05) is 13.0 Å². The predicted octanol–water partition coefficient (Wildman–Crippen LogP) is 3.06. The van der Waals surface area contributed by atoms with Crippen LogP contribution in [0.15, 0.2) is 12.1 Å². The maximum atomic E-state index is 9.50. The molecule has 0 fully saturated rings. The highest BCUT2D eigenvalue weighted by Crippen LogP contribution is 2.33. The fourth-order valence-corrected chi connectivity index (χ4v) is 2.29. The number of hydrogen-bond donors (Lipinski definition) is 1. The van der Waals surface area contributed by atoms with Crippen molar-refractivity contribution >= 4 is 12.4 Å². The van der Waals surface area contributed by atoms with E-state index in [4.69, 9.17) is 4.74 Å². The van der Waals surface area contributed by atoms with E-state index in [1.807, 2.05) is 13.0 Å². The van der Waals surface area contributed by atoms with E-state index in [9.17, 15) is 5.11 Å². The maximum absolute atomic E-state index is 9.50. The molecule has 1 atom stereocenters. The predicted molar refractivity (Wildman–Crippen MR) is 72.2 cm³/mol. The summed E-state index contributed by atoms with van der Waals surface area (Å²) in [6.45, 7) is 4.54. The lowest BCUT2D eigenvalue weighted by atomic mass is 10.0. The molecule has 1 unspecified atom stereocenters. The summed E-state index contributed by atoms with van der Waals surface area (Å²) in [5.41, 5.74) is 4.20. The Morgan fingerprint density at radius 2 is 2.00 bits per heavy atom. The number of hydrogen-bond acceptors (Lipinski definition) is 2. The number of benzene rings is 1. The lowest BCUT2D eigenvalue weighted by Crippen LogP contribution is -2.16. The summed E-state index contributed by atoms with van der Waals surface area (Å²) in [7, 11) is 0. The lowest BCUT2D eigenvalue weighted by molar-refractivity contribution is 0.104. The summed E-state index contributed by atoms with van der Waals surface area (Å²) < 4.78 is 5.71. The summed E-state index contributed by atoms with van der Waals surface area (Å²) in [5.74, 6) is 0.977. The Kier molecular flexibility index (Phi) is 5.29. The highest BCUT2D eigenvalue weighted by atomic mass is 35.5. The molecule has 0 saturated heterocycles. The maximum Gasteiger partial charge on any atom is 0.122 e. The van der Waals surface area contributed by atoms with Gasteiger partial charge in [0.25, 0.3) is 0 Å². The number of aliphatic hydroxyl groups excluding tert-OH is 1. The molecule has 0 amide bonds. The highest BCUT2D eigenvalue weighted by molar-refractivity contribution is 5.85. The third kappa shape index (κ3) is 3.14. The SMILES string of the molecule is CCC(O)COc1ccc(C)c2c1CCC2.Cl. The molecule has 1 aliphatic rings. The quantitative estimate of drug-likeness (QED) is 0.897. The van der Waals surface area contributed by atoms with Crippen LogP contribution in [-0.2, 0) is 12.8 Å². The molecule has 2 rings (SSSR count). The van der Waals surface area contributed by atoms with Crippen molar-refractivity contribution in [3.05, 3.63) is 28.8 Å². The molecule has 96 valence electrons. The minimum Gasteiger partial charge on any atom is -0.491 e. The molecule has 0 spiro atoms. The zero-order chi connectivity index (χ0) is 11.5. The van der Waals surface area contributed by atoms with Crippen LogP contribution in [0.25, 0.3) is 0 Å². The summed E-state index contributed by atoms with van der Waals surface area (Å²) >= 11 is 0. The van der Waals surface area contributed by atoms with Gasteiger partial charge in [-0.15, -0.1) is 12.4 Å². The average Bonchev–Trinajstić information content (AvgIpc) is 2.77. The Morgan fingerprint density at radius 1 is 1.29 bits per heavy atom. The van der Waals surface area contributed by atoms with Crippen molar-refractivity contribution < 1.29 is 9.84 Å². The molecule has 1 aromatic carbocycles. The molecule has 1 aromatic rings. The lowest BCUT2D eigenvalue weighted by Gasteiger charge is -2.14. The van der Waals surface area contributed by atoms with Crippen molar-refractivity contribution in [2.24, 2.45) is 0 Å². The molecule has 0 aliphatic heterocycles. The zero-order valence-corrected chi connectivity index (χ0v) is 11.3. The third-order valence-electron chi connectivity index (χ3n) is 3.38. The van der Waals surface area contributed by atoms with Crippen LogP contribution in [0.3, 0.4) is 0 Å². The van der Waals surface area contributed by atoms with E-state index < -0.39 is 0 Å². The van der Waals surface area contributed by atoms with Crippen molar-refractivity contribution in [2.75, 3.05) is 6.61 Å². The molecular formula is C14H21ClO2. The molecule has 1 aliphatic carbocycles. The van der Waals surface area contributed by atoms with Crippen molar-refractivity contribution in [2.45, 2.75) is 45.6 Å². The van der Waals surface area contributed by atoms with E-state index in [-0.39, 0.29) is 18.5 Å². The number of halogens is 1. The number of aryl methyl sites for hydroxylation is 1. The van der Waals surface area contributed by atoms with Gasteiger partial charge < -0.3 is 9.84 Å². The first kappa shape index (κ1) is 14.3. The minimum atomic E-state index is -0.349. The second-order valence-electron chi connectivity index (χ2n) is 4.56. The van der Waals surface area contributed by atoms with Gasteiger partial charge in [-0.25, -0.2) is 0 Å². The summed E-state index contributed by atoms with van der Waals surface area (Å²) in [4.78, 5) is 0. The van der Waals surface area contributed by atoms with Gasteiger partial charge >= 0.3 is 0 Å². The van der Waals surface area contributed by atoms with Crippen LogP contribution >= 0.6 is 12.4 Å². The van der Waals surface area contributed by atoms with E-state index in [0.717, 1.165) is 18.6 Å². The smallest absolute Gasteiger partial charge is 0.122 e. The van der Waals surface area contributed by atoms with Gasteiger partial charge in [-0.05, 0) is 55.4 Å². The summed E-state index contributed by atoms with van der Waals surface area (Å²) in [6, 6.07) is 4.17. The molecule has 2 nitrogen and oxygen atoms in total. The van der Waals surface area contributed by atoms with E-state index in [1.165, 1.54) is 29.5 Å². The second-order valence-corrected chi connectivity index (χ2v) is 4.56. The molecule has 0 heterocycles. The first-order valence-corrected chi connectivity index (χ1v) is 6.14. The number of aliphatic hydroxyl groups is 1. The number of fused-ring (bicyclic) bond motifs is 1. The van der Waals surface area contributed by atoms with Gasteiger partial charge in [0.05, 0.1) is 6.10 Å². The third-order valence-corrected chi connectivity index (χ3v) is 3.38. The largest absolute Gasteiger partial charge is 0.491 e. The standard InChI is InChI=1S/C14H20O2.ClH/c1-3-11(15)9-16-14-8-7-10(2)12-5-4-6-13(12)14;/h7-8,11,15H,3-6,9H2,1-2H3;1H. The Morgan fingerprint density at radius 3 is 2.71 bits per heavy atom. The van der Waals surface area contributed by atoms with Gasteiger partial charge in [0.1, 0.15) is 12.4 Å². The van der Waals surface area contributed by atoms with Crippen LogP contribution in [0.5, 0.6) is 5.75 Å². The fraction of sp³-hybridized carbons (Fsp3) is 0.571. The molecule has 1 N–H and O–H groups in total. The van der Waals surface area contributed by atoms with E-state index in [0.29, 0.717) is 6.61 Å². The molecular weight excluding hydrogens is 236 g/mol. The van der Waals surface area contributed by atoms with Crippen LogP contribution in [0, 0.1) is 6.92 Å². The summed E-state index contributed by atoms with van der Waals surface area (Å²) in [6.07, 6.45) is 3.92. The van der Waals surface area contributed by atoms with Crippen molar-refractivity contribution in [1.29, 1.82) is 0 Å². The van der Waals surface area contributed by atoms with E-state index in [1.54, 1.807) is 0 Å². The van der Waals surface area contributed by atoms with Crippen molar-refractivity contribution in [1.82, 2.24) is 0 Å². The van der Waals surface area contributed by atoms with Gasteiger partial charge in [-0.3, -0.25) is 0 Å². The van der Waals surface area contributed by atoms with Gasteiger partial charge in [0.15, 0.2) is 0 Å². The van der Waals surface area contributed by atoms with Crippen molar-refractivity contribution in [3.63, 3.8) is 0 Å². The van der Waals surface area contributed by atoms with E-state index >= 15 is 0 Å². The Balaban J connectivity index is 0.00000144. The van der Waals surface area contributed by atoms with Crippen LogP contribution < -0.4 is 4.74 Å². The van der Waals surface area contributed by atoms with Crippen LogP contribution in [0.1, 0.15) is 36.5 Å². The monoisotopic (exact) mass is 256 g/mol. The Hall–Kier alpha value is -0.730. The molecule has 17 heavy (non-hydrogen) atoms. The first-order chi connectivity index (χ1) is 7.72. The zero-order valence-electron chi connectivity index (χ0n) is 10.5. The molecule has 0 aromatic heterocycles. The van der Waals surface area contributed by atoms with E-state index in [2.05, 4.69) is 13.0 Å². The number of rotatable bonds is 4. The van der Waals surface area contributed by atoms with Gasteiger partial charge in [0.2, 0.25) is 0 Å². The highest BCUT2D eigenvalue weighted by Gasteiger charge is 2.18. The van der Waals surface area contributed by atoms with Crippen LogP contribution in [0.4, 0.5) is 0 Å². The Bertz CT molecular complexity index is 377. The summed E-state index contributed by atoms with van der Waals surface area (Å²) in [5, 5.41) is 9.50.